The van der Waals surface area contributed by atoms with Gasteiger partial charge in [-0.25, -0.2) is 0 Å². The number of carbonyl (C=O) groups excluding carboxylic acids is 1. The van der Waals surface area contributed by atoms with Crippen LogP contribution in [0.15, 0.2) is 29.4 Å². The Morgan fingerprint density at radius 2 is 2.38 bits per heavy atom. The Labute approximate surface area is 149 Å². The van der Waals surface area contributed by atoms with Crippen LogP contribution < -0.4 is 9.54 Å². The van der Waals surface area contributed by atoms with E-state index in [1.165, 1.54) is 18.4 Å². The van der Waals surface area contributed by atoms with Crippen LogP contribution in [0.3, 0.4) is 0 Å². The van der Waals surface area contributed by atoms with Crippen molar-refractivity contribution in [1.29, 1.82) is 0 Å². The first-order chi connectivity index (χ1) is 11.6. The molecule has 0 unspecified atom stereocenters. The summed E-state index contributed by atoms with van der Waals surface area (Å²) in [6.07, 6.45) is 4.32. The molecule has 1 aliphatic rings. The molecule has 0 saturated carbocycles. The van der Waals surface area contributed by atoms with E-state index in [1.54, 1.807) is 18.2 Å². The molecule has 0 spiro atoms. The highest BCUT2D eigenvalue weighted by atomic mass is 35.5. The van der Waals surface area contributed by atoms with Gasteiger partial charge in [0.2, 0.25) is 0 Å². The van der Waals surface area contributed by atoms with Gasteiger partial charge in [-0.05, 0) is 38.0 Å². The van der Waals surface area contributed by atoms with E-state index in [0.717, 1.165) is 24.3 Å². The van der Waals surface area contributed by atoms with Crippen LogP contribution in [0.25, 0.3) is 0 Å². The number of amides is 1. The lowest BCUT2D eigenvalue weighted by atomic mass is 10.2. The molecule has 2 heterocycles. The van der Waals surface area contributed by atoms with Crippen molar-refractivity contribution in [2.75, 3.05) is 13.7 Å². The van der Waals surface area contributed by atoms with Gasteiger partial charge in [-0.3, -0.25) is 4.79 Å². The van der Waals surface area contributed by atoms with Crippen LogP contribution in [0.1, 0.15) is 28.1 Å². The number of carbonyl (C=O) groups is 1. The molecule has 1 saturated heterocycles. The second kappa shape index (κ2) is 7.51. The van der Waals surface area contributed by atoms with Crippen LogP contribution in [-0.4, -0.2) is 30.3 Å². The molecule has 2 aromatic rings. The Morgan fingerprint density at radius 3 is 3.08 bits per heavy atom. The fourth-order valence-corrected chi connectivity index (χ4v) is 3.74. The molecule has 1 aliphatic heterocycles. The number of aryl methyl sites for hydroxylation is 1. The highest BCUT2D eigenvalue weighted by molar-refractivity contribution is 7.09. The summed E-state index contributed by atoms with van der Waals surface area (Å²) in [6, 6.07) is 4.94. The first kappa shape index (κ1) is 17.2. The number of hydrogen-bond donors (Lipinski definition) is 0. The van der Waals surface area contributed by atoms with Gasteiger partial charge in [0, 0.05) is 22.7 Å². The summed E-state index contributed by atoms with van der Waals surface area (Å²) in [7, 11) is 1.52. The summed E-state index contributed by atoms with van der Waals surface area (Å²) in [4.78, 5) is 18.6. The third kappa shape index (κ3) is 3.88. The Hall–Kier alpha value is -1.63. The van der Waals surface area contributed by atoms with E-state index in [9.17, 15) is 4.79 Å². The van der Waals surface area contributed by atoms with E-state index >= 15 is 0 Å². The van der Waals surface area contributed by atoms with E-state index in [-0.39, 0.29) is 12.0 Å². The number of ether oxygens (including phenoxy) is 2. The number of rotatable bonds is 4. The molecule has 1 fully saturated rings. The summed E-state index contributed by atoms with van der Waals surface area (Å²) in [5.41, 5.74) is 0.361. The van der Waals surface area contributed by atoms with Gasteiger partial charge in [0.1, 0.15) is 5.75 Å². The fourth-order valence-electron chi connectivity index (χ4n) is 2.72. The predicted molar refractivity (Wildman–Crippen MR) is 93.9 cm³/mol. The normalized spacial score (nSPS) is 18.1. The van der Waals surface area contributed by atoms with E-state index in [1.807, 2.05) is 17.7 Å². The van der Waals surface area contributed by atoms with Crippen molar-refractivity contribution in [3.8, 4) is 5.75 Å². The van der Waals surface area contributed by atoms with Gasteiger partial charge >= 0.3 is 0 Å². The highest BCUT2D eigenvalue weighted by Gasteiger charge is 2.18. The second-order valence-electron chi connectivity index (χ2n) is 5.67. The van der Waals surface area contributed by atoms with Crippen molar-refractivity contribution in [2.45, 2.75) is 32.4 Å². The van der Waals surface area contributed by atoms with E-state index < -0.39 is 0 Å². The molecule has 128 valence electrons. The molecule has 7 heteroatoms. The maximum absolute atomic E-state index is 12.6. The monoisotopic (exact) mass is 366 g/mol. The largest absolute Gasteiger partial charge is 0.496 e. The van der Waals surface area contributed by atoms with Gasteiger partial charge in [-0.1, -0.05) is 11.6 Å². The molecule has 0 bridgehead atoms. The molecular formula is C17H19ClN2O3S. The van der Waals surface area contributed by atoms with Crippen molar-refractivity contribution in [1.82, 2.24) is 4.57 Å². The molecule has 1 aromatic heterocycles. The van der Waals surface area contributed by atoms with Crippen molar-refractivity contribution < 1.29 is 14.3 Å². The third-order valence-electron chi connectivity index (χ3n) is 3.85. The zero-order valence-electron chi connectivity index (χ0n) is 13.6. The lowest BCUT2D eigenvalue weighted by molar-refractivity contribution is 0.0949. The summed E-state index contributed by atoms with van der Waals surface area (Å²) in [6.45, 7) is 3.52. The molecular weight excluding hydrogens is 348 g/mol. The molecule has 1 aromatic carbocycles. The van der Waals surface area contributed by atoms with Gasteiger partial charge in [0.05, 0.1) is 25.3 Å². The minimum absolute atomic E-state index is 0.189. The molecule has 0 N–H and O–H groups in total. The summed E-state index contributed by atoms with van der Waals surface area (Å²) >= 11 is 7.49. The second-order valence-corrected chi connectivity index (χ2v) is 7.32. The lowest BCUT2D eigenvalue weighted by Crippen LogP contribution is -2.23. The van der Waals surface area contributed by atoms with Gasteiger partial charge in [-0.15, -0.1) is 11.3 Å². The number of hydrogen-bond acceptors (Lipinski definition) is 4. The zero-order valence-corrected chi connectivity index (χ0v) is 15.2. The fraction of sp³-hybridized carbons (Fsp3) is 0.412. The summed E-state index contributed by atoms with van der Waals surface area (Å²) in [5.74, 6) is 0.101. The van der Waals surface area contributed by atoms with Crippen molar-refractivity contribution in [3.05, 3.63) is 44.7 Å². The molecule has 24 heavy (non-hydrogen) atoms. The quantitative estimate of drug-likeness (QED) is 0.832. The average Bonchev–Trinajstić information content (AvgIpc) is 3.18. The van der Waals surface area contributed by atoms with Gasteiger partial charge < -0.3 is 14.0 Å². The topological polar surface area (TPSA) is 52.8 Å². The SMILES string of the molecule is COc1ccc(Cl)cc1C(=O)/N=c1\sc(C)cn1C[C@H]1CCCO1. The minimum atomic E-state index is -0.364. The lowest BCUT2D eigenvalue weighted by Gasteiger charge is -2.10. The number of nitrogens with zero attached hydrogens (tertiary/aromatic N) is 2. The Balaban J connectivity index is 1.93. The van der Waals surface area contributed by atoms with Crippen molar-refractivity contribution in [2.24, 2.45) is 4.99 Å². The van der Waals surface area contributed by atoms with Crippen LogP contribution in [0.5, 0.6) is 5.75 Å². The van der Waals surface area contributed by atoms with Crippen LogP contribution in [0.4, 0.5) is 0 Å². The Bertz CT molecular complexity index is 806. The highest BCUT2D eigenvalue weighted by Crippen LogP contribution is 2.23. The maximum atomic E-state index is 12.6. The van der Waals surface area contributed by atoms with E-state index in [2.05, 4.69) is 4.99 Å². The number of aromatic nitrogens is 1. The van der Waals surface area contributed by atoms with Crippen LogP contribution in [0.2, 0.25) is 5.02 Å². The first-order valence-electron chi connectivity index (χ1n) is 7.78. The number of benzene rings is 1. The number of methoxy groups -OCH3 is 1. The van der Waals surface area contributed by atoms with E-state index in [0.29, 0.717) is 27.7 Å². The zero-order chi connectivity index (χ0) is 17.1. The maximum Gasteiger partial charge on any atom is 0.283 e. The van der Waals surface area contributed by atoms with Gasteiger partial charge in [-0.2, -0.15) is 4.99 Å². The average molecular weight is 367 g/mol. The molecule has 0 radical (unpaired) electrons. The Morgan fingerprint density at radius 1 is 1.54 bits per heavy atom. The van der Waals surface area contributed by atoms with E-state index in [4.69, 9.17) is 21.1 Å². The van der Waals surface area contributed by atoms with Crippen molar-refractivity contribution >= 4 is 28.8 Å². The first-order valence-corrected chi connectivity index (χ1v) is 8.97. The number of thiazole rings is 1. The molecule has 0 aliphatic carbocycles. The minimum Gasteiger partial charge on any atom is -0.496 e. The molecule has 3 rings (SSSR count). The van der Waals surface area contributed by atoms with Crippen LogP contribution in [0, 0.1) is 6.92 Å². The summed E-state index contributed by atoms with van der Waals surface area (Å²) < 4.78 is 12.9. The van der Waals surface area contributed by atoms with Crippen molar-refractivity contribution in [3.63, 3.8) is 0 Å². The van der Waals surface area contributed by atoms with Gasteiger partial charge in [0.25, 0.3) is 5.91 Å². The summed E-state index contributed by atoms with van der Waals surface area (Å²) in [5, 5.41) is 0.476. The smallest absolute Gasteiger partial charge is 0.283 e. The van der Waals surface area contributed by atoms with Crippen LogP contribution in [-0.2, 0) is 11.3 Å². The molecule has 1 atom stereocenters. The third-order valence-corrected chi connectivity index (χ3v) is 5.02. The Kier molecular flexibility index (Phi) is 5.38. The molecule has 1 amide bonds. The number of halogens is 1. The van der Waals surface area contributed by atoms with Crippen LogP contribution >= 0.6 is 22.9 Å². The molecule has 5 nitrogen and oxygen atoms in total. The van der Waals surface area contributed by atoms with Gasteiger partial charge in [0.15, 0.2) is 4.80 Å². The standard InChI is InChI=1S/C17H19ClN2O3S/c1-11-9-20(10-13-4-3-7-23-13)17(24-11)19-16(21)14-8-12(18)5-6-15(14)22-2/h5-6,8-9,13H,3-4,7,10H2,1-2H3/b19-17-/t13-/m1/s1. The predicted octanol–water partition coefficient (Wildman–Crippen LogP) is 3.44.